The molecule has 6 heteroatoms. The lowest BCUT2D eigenvalue weighted by molar-refractivity contribution is -0.167. The van der Waals surface area contributed by atoms with Gasteiger partial charge in [-0.1, -0.05) is 302 Å². The lowest BCUT2D eigenvalue weighted by atomic mass is 10.0. The van der Waals surface area contributed by atoms with E-state index >= 15 is 0 Å². The SMILES string of the molecule is CC/C=C\C/C=C\C/C=C\C/C=C\C/C=C\C/C=C\C/C=C\CCCCCCCC(=O)OCC(COC(=O)CCCCCCCCCCCCCCCCCCC)OC(=O)CCCCCCCC/C=C\C/C=C\C/C=C\C/C=C\CC. The molecule has 0 radical (unpaired) electrons. The molecule has 460 valence electrons. The van der Waals surface area contributed by atoms with Crippen LogP contribution in [0.3, 0.4) is 0 Å². The molecule has 0 saturated heterocycles. The second-order valence-electron chi connectivity index (χ2n) is 22.0. The first-order valence-electron chi connectivity index (χ1n) is 33.7. The van der Waals surface area contributed by atoms with Crippen LogP contribution in [0.25, 0.3) is 0 Å². The monoisotopic (exact) mass is 1120 g/mol. The van der Waals surface area contributed by atoms with E-state index in [1.54, 1.807) is 0 Å². The quantitative estimate of drug-likeness (QED) is 0.0261. The minimum absolute atomic E-state index is 0.0913. The maximum atomic E-state index is 12.9. The molecule has 0 aromatic carbocycles. The summed E-state index contributed by atoms with van der Waals surface area (Å²) in [5.74, 6) is -0.918. The zero-order valence-corrected chi connectivity index (χ0v) is 52.8. The fraction of sp³-hybridized carbons (Fsp3) is 0.667. The number of rotatable bonds is 60. The number of ether oxygens (including phenoxy) is 3. The van der Waals surface area contributed by atoms with E-state index < -0.39 is 6.10 Å². The summed E-state index contributed by atoms with van der Waals surface area (Å²) in [4.78, 5) is 38.4. The molecule has 0 saturated carbocycles. The highest BCUT2D eigenvalue weighted by molar-refractivity contribution is 5.71. The second kappa shape index (κ2) is 68.1. The molecule has 0 aliphatic carbocycles. The summed E-state index contributed by atoms with van der Waals surface area (Å²) in [6, 6.07) is 0. The summed E-state index contributed by atoms with van der Waals surface area (Å²) in [6.45, 7) is 6.41. The Morgan fingerprint density at radius 1 is 0.259 bits per heavy atom. The first kappa shape index (κ1) is 76.5. The molecule has 0 aliphatic heterocycles. The van der Waals surface area contributed by atoms with Crippen LogP contribution in [0.5, 0.6) is 0 Å². The van der Waals surface area contributed by atoms with E-state index in [1.165, 1.54) is 103 Å². The van der Waals surface area contributed by atoms with Gasteiger partial charge in [-0.25, -0.2) is 0 Å². The molecule has 0 aliphatic rings. The fourth-order valence-corrected chi connectivity index (χ4v) is 9.18. The molecule has 6 nitrogen and oxygen atoms in total. The van der Waals surface area contributed by atoms with Crippen LogP contribution in [0.2, 0.25) is 0 Å². The third-order valence-corrected chi connectivity index (χ3v) is 14.2. The highest BCUT2D eigenvalue weighted by Crippen LogP contribution is 2.16. The van der Waals surface area contributed by atoms with Crippen LogP contribution in [0.15, 0.2) is 134 Å². The Labute approximate surface area is 500 Å². The molecule has 0 aromatic heterocycles. The topological polar surface area (TPSA) is 78.9 Å². The van der Waals surface area contributed by atoms with Crippen LogP contribution in [0, 0.1) is 0 Å². The molecule has 0 rings (SSSR count). The number of carbonyl (C=O) groups excluding carboxylic acids is 3. The van der Waals surface area contributed by atoms with Crippen molar-refractivity contribution in [2.45, 2.75) is 309 Å². The Hall–Kier alpha value is -4.45. The third-order valence-electron chi connectivity index (χ3n) is 14.2. The lowest BCUT2D eigenvalue weighted by Crippen LogP contribution is -2.30. The van der Waals surface area contributed by atoms with Crippen molar-refractivity contribution in [3.63, 3.8) is 0 Å². The highest BCUT2D eigenvalue weighted by atomic mass is 16.6. The van der Waals surface area contributed by atoms with E-state index in [-0.39, 0.29) is 31.1 Å². The van der Waals surface area contributed by atoms with E-state index in [4.69, 9.17) is 14.2 Å². The van der Waals surface area contributed by atoms with Crippen LogP contribution in [-0.4, -0.2) is 37.2 Å². The van der Waals surface area contributed by atoms with Crippen LogP contribution >= 0.6 is 0 Å². The largest absolute Gasteiger partial charge is 0.462 e. The maximum absolute atomic E-state index is 12.9. The molecule has 0 spiro atoms. The van der Waals surface area contributed by atoms with Crippen LogP contribution in [0.4, 0.5) is 0 Å². The summed E-state index contributed by atoms with van der Waals surface area (Å²) < 4.78 is 16.9. The van der Waals surface area contributed by atoms with Crippen LogP contribution in [0.1, 0.15) is 303 Å². The number of esters is 3. The van der Waals surface area contributed by atoms with Gasteiger partial charge in [0.05, 0.1) is 0 Å². The van der Waals surface area contributed by atoms with Gasteiger partial charge in [-0.2, -0.15) is 0 Å². The number of allylic oxidation sites excluding steroid dienone is 22. The number of unbranched alkanes of at least 4 members (excludes halogenated alkanes) is 27. The van der Waals surface area contributed by atoms with Crippen molar-refractivity contribution < 1.29 is 28.6 Å². The van der Waals surface area contributed by atoms with E-state index in [1.807, 2.05) is 0 Å². The molecule has 0 bridgehead atoms. The van der Waals surface area contributed by atoms with Crippen molar-refractivity contribution in [1.29, 1.82) is 0 Å². The highest BCUT2D eigenvalue weighted by Gasteiger charge is 2.19. The van der Waals surface area contributed by atoms with E-state index in [9.17, 15) is 14.4 Å². The zero-order valence-electron chi connectivity index (χ0n) is 52.8. The van der Waals surface area contributed by atoms with Crippen molar-refractivity contribution in [3.05, 3.63) is 134 Å². The minimum atomic E-state index is -0.799. The molecule has 0 fully saturated rings. The Balaban J connectivity index is 4.44. The van der Waals surface area contributed by atoms with E-state index in [0.29, 0.717) is 19.3 Å². The molecule has 1 unspecified atom stereocenters. The molecule has 0 heterocycles. The Kier molecular flexibility index (Phi) is 64.3. The summed E-state index contributed by atoms with van der Waals surface area (Å²) in [7, 11) is 0. The van der Waals surface area contributed by atoms with Gasteiger partial charge in [0.2, 0.25) is 0 Å². The van der Waals surface area contributed by atoms with Crippen LogP contribution in [-0.2, 0) is 28.6 Å². The van der Waals surface area contributed by atoms with Gasteiger partial charge in [0.25, 0.3) is 0 Å². The first-order valence-corrected chi connectivity index (χ1v) is 33.7. The minimum Gasteiger partial charge on any atom is -0.462 e. The van der Waals surface area contributed by atoms with Gasteiger partial charge in [-0.05, 0) is 116 Å². The molecule has 1 atom stereocenters. The molecule has 0 amide bonds. The lowest BCUT2D eigenvalue weighted by Gasteiger charge is -2.18. The van der Waals surface area contributed by atoms with Gasteiger partial charge in [-0.15, -0.1) is 0 Å². The standard InChI is InChI=1S/C75H124O6/c1-4-7-10-13-16-19-22-25-28-31-33-34-35-36-37-38-39-40-42-44-47-50-53-56-59-62-65-68-74(77)80-71-72(70-79-73(76)67-64-61-58-55-52-49-46-43-30-27-24-21-18-15-12-9-6-3)81-75(78)69-66-63-60-57-54-51-48-45-41-32-29-26-23-20-17-14-11-8-5-2/h7-8,10-11,16-17,19-20,25-26,28-29,33-34,36-37,39-41,44-45,47,72H,4-6,9,12-15,18,21-24,27,30-32,35,38,42-43,46,48-71H2,1-3H3/b10-7-,11-8-,19-16-,20-17-,28-25-,29-26-,34-33-,37-36-,40-39-,45-41-,47-44-. The zero-order chi connectivity index (χ0) is 58.5. The van der Waals surface area contributed by atoms with Crippen molar-refractivity contribution in [3.8, 4) is 0 Å². The normalized spacial score (nSPS) is 13.0. The summed E-state index contributed by atoms with van der Waals surface area (Å²) in [5.41, 5.74) is 0. The van der Waals surface area contributed by atoms with Gasteiger partial charge in [0.15, 0.2) is 6.10 Å². The fourth-order valence-electron chi connectivity index (χ4n) is 9.18. The molecular formula is C75H124O6. The van der Waals surface area contributed by atoms with Gasteiger partial charge in [0, 0.05) is 19.3 Å². The molecule has 0 aromatic rings. The summed E-state index contributed by atoms with van der Waals surface area (Å²) in [5, 5.41) is 0. The van der Waals surface area contributed by atoms with Crippen molar-refractivity contribution >= 4 is 17.9 Å². The number of hydrogen-bond donors (Lipinski definition) is 0. The average Bonchev–Trinajstić information content (AvgIpc) is 3.47. The Morgan fingerprint density at radius 2 is 0.481 bits per heavy atom. The predicted molar refractivity (Wildman–Crippen MR) is 353 cm³/mol. The van der Waals surface area contributed by atoms with Gasteiger partial charge in [-0.3, -0.25) is 14.4 Å². The summed E-state index contributed by atoms with van der Waals surface area (Å²) in [6.07, 6.45) is 96.0. The second-order valence-corrected chi connectivity index (χ2v) is 22.0. The average molecular weight is 1120 g/mol. The number of hydrogen-bond acceptors (Lipinski definition) is 6. The molecule has 81 heavy (non-hydrogen) atoms. The van der Waals surface area contributed by atoms with Gasteiger partial charge >= 0.3 is 17.9 Å². The third kappa shape index (κ3) is 66.2. The van der Waals surface area contributed by atoms with Crippen molar-refractivity contribution in [1.82, 2.24) is 0 Å². The van der Waals surface area contributed by atoms with Gasteiger partial charge < -0.3 is 14.2 Å². The molecular weight excluding hydrogens is 997 g/mol. The number of carbonyl (C=O) groups is 3. The van der Waals surface area contributed by atoms with Crippen LogP contribution < -0.4 is 0 Å². The maximum Gasteiger partial charge on any atom is 0.306 e. The smallest absolute Gasteiger partial charge is 0.306 e. The Morgan fingerprint density at radius 3 is 0.753 bits per heavy atom. The molecule has 0 N–H and O–H groups in total. The van der Waals surface area contributed by atoms with Crippen molar-refractivity contribution in [2.75, 3.05) is 13.2 Å². The van der Waals surface area contributed by atoms with E-state index in [2.05, 4.69) is 154 Å². The first-order chi connectivity index (χ1) is 40.0. The predicted octanol–water partition coefficient (Wildman–Crippen LogP) is 23.3. The summed E-state index contributed by atoms with van der Waals surface area (Å²) >= 11 is 0. The Bertz CT molecular complexity index is 1720. The van der Waals surface area contributed by atoms with E-state index in [0.717, 1.165) is 161 Å². The van der Waals surface area contributed by atoms with Crippen molar-refractivity contribution in [2.24, 2.45) is 0 Å². The van der Waals surface area contributed by atoms with Gasteiger partial charge in [0.1, 0.15) is 13.2 Å².